The number of carbonyl (C=O) groups is 2. The second-order valence-electron chi connectivity index (χ2n) is 9.86. The number of amides is 2. The summed E-state index contributed by atoms with van der Waals surface area (Å²) in [5.41, 5.74) is 3.78. The van der Waals surface area contributed by atoms with Crippen molar-refractivity contribution >= 4 is 11.8 Å². The van der Waals surface area contributed by atoms with Crippen LogP contribution in [0.25, 0.3) is 0 Å². The van der Waals surface area contributed by atoms with Gasteiger partial charge in [-0.25, -0.2) is 4.39 Å². The Labute approximate surface area is 213 Å². The van der Waals surface area contributed by atoms with Crippen LogP contribution in [0, 0.1) is 12.7 Å². The number of hydrogen-bond acceptors (Lipinski definition) is 2. The van der Waals surface area contributed by atoms with Crippen LogP contribution in [0.3, 0.4) is 0 Å². The molecule has 188 valence electrons. The summed E-state index contributed by atoms with van der Waals surface area (Å²) < 4.78 is 13.6. The predicted molar refractivity (Wildman–Crippen MR) is 141 cm³/mol. The van der Waals surface area contributed by atoms with Gasteiger partial charge in [-0.3, -0.25) is 9.59 Å². The van der Waals surface area contributed by atoms with Gasteiger partial charge in [-0.15, -0.1) is 0 Å². The fourth-order valence-corrected chi connectivity index (χ4v) is 4.98. The van der Waals surface area contributed by atoms with Crippen LogP contribution in [-0.4, -0.2) is 28.8 Å². The standard InChI is InChI=1S/C31H35FN2O2/c1-23-9-8-12-26(19-23)21-30(35)34(22-25-15-17-27(32)18-16-25)29(20-24-10-4-2-5-11-24)31(36)33-28-13-6-3-7-14-28/h2,4-5,8-12,15-19,28-29H,3,6-7,13-14,20-22H2,1H3,(H,33,36)/t29-/m0/s1. The van der Waals surface area contributed by atoms with Crippen LogP contribution in [0.2, 0.25) is 0 Å². The summed E-state index contributed by atoms with van der Waals surface area (Å²) in [6.07, 6.45) is 5.98. The van der Waals surface area contributed by atoms with Gasteiger partial charge in [-0.2, -0.15) is 0 Å². The molecule has 0 bridgehead atoms. The molecule has 4 rings (SSSR count). The Kier molecular flexibility index (Phi) is 8.88. The third-order valence-corrected chi connectivity index (χ3v) is 6.93. The zero-order valence-corrected chi connectivity index (χ0v) is 21.0. The van der Waals surface area contributed by atoms with Crippen molar-refractivity contribution in [3.63, 3.8) is 0 Å². The number of rotatable bonds is 9. The summed E-state index contributed by atoms with van der Waals surface area (Å²) in [7, 11) is 0. The molecule has 1 aliphatic rings. The van der Waals surface area contributed by atoms with Crippen LogP contribution in [0.1, 0.15) is 54.4 Å². The second kappa shape index (κ2) is 12.5. The number of nitrogens with zero attached hydrogens (tertiary/aromatic N) is 1. The first-order valence-electron chi connectivity index (χ1n) is 12.9. The molecule has 1 saturated carbocycles. The van der Waals surface area contributed by atoms with Gasteiger partial charge in [0, 0.05) is 19.0 Å². The molecule has 1 atom stereocenters. The Hall–Kier alpha value is -3.47. The highest BCUT2D eigenvalue weighted by Gasteiger charge is 2.32. The number of carbonyl (C=O) groups excluding carboxylic acids is 2. The van der Waals surface area contributed by atoms with Crippen molar-refractivity contribution in [2.75, 3.05) is 0 Å². The van der Waals surface area contributed by atoms with Crippen LogP contribution >= 0.6 is 0 Å². The zero-order chi connectivity index (χ0) is 25.3. The minimum absolute atomic E-state index is 0.120. The molecule has 0 heterocycles. The van der Waals surface area contributed by atoms with Gasteiger partial charge in [0.25, 0.3) is 0 Å². The van der Waals surface area contributed by atoms with Crippen molar-refractivity contribution < 1.29 is 14.0 Å². The molecule has 5 heteroatoms. The minimum atomic E-state index is -0.670. The summed E-state index contributed by atoms with van der Waals surface area (Å²) in [5.74, 6) is -0.567. The minimum Gasteiger partial charge on any atom is -0.352 e. The Bertz CT molecular complexity index is 1140. The van der Waals surface area contributed by atoms with Crippen molar-refractivity contribution in [2.45, 2.75) is 70.5 Å². The van der Waals surface area contributed by atoms with Crippen LogP contribution in [-0.2, 0) is 29.0 Å². The Morgan fingerprint density at radius 2 is 1.58 bits per heavy atom. The molecular weight excluding hydrogens is 451 g/mol. The van der Waals surface area contributed by atoms with Gasteiger partial charge in [-0.1, -0.05) is 91.6 Å². The van der Waals surface area contributed by atoms with Crippen molar-refractivity contribution in [3.8, 4) is 0 Å². The van der Waals surface area contributed by atoms with E-state index in [0.717, 1.165) is 47.9 Å². The van der Waals surface area contributed by atoms with E-state index in [-0.39, 0.29) is 36.6 Å². The van der Waals surface area contributed by atoms with E-state index in [2.05, 4.69) is 5.32 Å². The van der Waals surface area contributed by atoms with E-state index in [1.165, 1.54) is 18.6 Å². The maximum Gasteiger partial charge on any atom is 0.243 e. The molecule has 3 aromatic rings. The first-order valence-corrected chi connectivity index (χ1v) is 12.9. The Morgan fingerprint density at radius 3 is 2.28 bits per heavy atom. The summed E-state index contributed by atoms with van der Waals surface area (Å²) in [4.78, 5) is 29.2. The van der Waals surface area contributed by atoms with Gasteiger partial charge in [-0.05, 0) is 48.6 Å². The smallest absolute Gasteiger partial charge is 0.243 e. The lowest BCUT2D eigenvalue weighted by Crippen LogP contribution is -2.53. The Morgan fingerprint density at radius 1 is 0.889 bits per heavy atom. The van der Waals surface area contributed by atoms with E-state index in [0.29, 0.717) is 6.42 Å². The van der Waals surface area contributed by atoms with Crippen LogP contribution < -0.4 is 5.32 Å². The second-order valence-corrected chi connectivity index (χ2v) is 9.86. The third-order valence-electron chi connectivity index (χ3n) is 6.93. The molecule has 3 aromatic carbocycles. The summed E-state index contributed by atoms with van der Waals surface area (Å²) in [6, 6.07) is 23.3. The lowest BCUT2D eigenvalue weighted by atomic mass is 9.94. The van der Waals surface area contributed by atoms with E-state index in [4.69, 9.17) is 0 Å². The highest BCUT2D eigenvalue weighted by Crippen LogP contribution is 2.20. The molecule has 0 spiro atoms. The fourth-order valence-electron chi connectivity index (χ4n) is 4.98. The normalized spacial score (nSPS) is 14.7. The molecular formula is C31H35FN2O2. The molecule has 0 aromatic heterocycles. The fraction of sp³-hybridized carbons (Fsp3) is 0.355. The van der Waals surface area contributed by atoms with E-state index in [9.17, 15) is 14.0 Å². The highest BCUT2D eigenvalue weighted by molar-refractivity contribution is 5.89. The molecule has 2 amide bonds. The van der Waals surface area contributed by atoms with E-state index in [1.807, 2.05) is 61.5 Å². The first-order chi connectivity index (χ1) is 17.5. The van der Waals surface area contributed by atoms with Gasteiger partial charge < -0.3 is 10.2 Å². The van der Waals surface area contributed by atoms with Crippen molar-refractivity contribution in [1.82, 2.24) is 10.2 Å². The van der Waals surface area contributed by atoms with Crippen molar-refractivity contribution in [2.24, 2.45) is 0 Å². The van der Waals surface area contributed by atoms with Crippen LogP contribution in [0.4, 0.5) is 4.39 Å². The lowest BCUT2D eigenvalue weighted by molar-refractivity contribution is -0.141. The third kappa shape index (κ3) is 7.27. The number of nitrogens with one attached hydrogen (secondary N) is 1. The SMILES string of the molecule is Cc1cccc(CC(=O)N(Cc2ccc(F)cc2)[C@@H](Cc2ccccc2)C(=O)NC2CCCCC2)c1. The van der Waals surface area contributed by atoms with E-state index in [1.54, 1.807) is 17.0 Å². The highest BCUT2D eigenvalue weighted by atomic mass is 19.1. The predicted octanol–water partition coefficient (Wildman–Crippen LogP) is 5.77. The largest absolute Gasteiger partial charge is 0.352 e. The average Bonchev–Trinajstić information content (AvgIpc) is 2.88. The molecule has 1 aliphatic carbocycles. The maximum atomic E-state index is 13.8. The topological polar surface area (TPSA) is 49.4 Å². The van der Waals surface area contributed by atoms with E-state index >= 15 is 0 Å². The van der Waals surface area contributed by atoms with Gasteiger partial charge >= 0.3 is 0 Å². The van der Waals surface area contributed by atoms with Crippen LogP contribution in [0.15, 0.2) is 78.9 Å². The van der Waals surface area contributed by atoms with Crippen LogP contribution in [0.5, 0.6) is 0 Å². The van der Waals surface area contributed by atoms with Gasteiger partial charge in [0.15, 0.2) is 0 Å². The number of aryl methyl sites for hydroxylation is 1. The quantitative estimate of drug-likeness (QED) is 0.418. The Balaban J connectivity index is 1.65. The molecule has 4 nitrogen and oxygen atoms in total. The zero-order valence-electron chi connectivity index (χ0n) is 21.0. The number of hydrogen-bond donors (Lipinski definition) is 1. The monoisotopic (exact) mass is 486 g/mol. The molecule has 0 radical (unpaired) electrons. The lowest BCUT2D eigenvalue weighted by Gasteiger charge is -2.33. The first kappa shape index (κ1) is 25.6. The summed E-state index contributed by atoms with van der Waals surface area (Å²) in [5, 5.41) is 3.25. The molecule has 36 heavy (non-hydrogen) atoms. The average molecular weight is 487 g/mol. The maximum absolute atomic E-state index is 13.8. The molecule has 1 fully saturated rings. The van der Waals surface area contributed by atoms with Crippen molar-refractivity contribution in [1.29, 1.82) is 0 Å². The summed E-state index contributed by atoms with van der Waals surface area (Å²) >= 11 is 0. The summed E-state index contributed by atoms with van der Waals surface area (Å²) in [6.45, 7) is 2.24. The number of benzene rings is 3. The molecule has 0 unspecified atom stereocenters. The van der Waals surface area contributed by atoms with E-state index < -0.39 is 6.04 Å². The molecule has 1 N–H and O–H groups in total. The van der Waals surface area contributed by atoms with Gasteiger partial charge in [0.05, 0.1) is 6.42 Å². The molecule has 0 saturated heterocycles. The number of halogens is 1. The van der Waals surface area contributed by atoms with Crippen molar-refractivity contribution in [3.05, 3.63) is 107 Å². The van der Waals surface area contributed by atoms with Gasteiger partial charge in [0.1, 0.15) is 11.9 Å². The molecule has 0 aliphatic heterocycles. The van der Waals surface area contributed by atoms with Gasteiger partial charge in [0.2, 0.25) is 11.8 Å².